The SMILES string of the molecule is CCN(Cc1ccncc1Cl)CC(C)C(=O)O. The Morgan fingerprint density at radius 2 is 2.35 bits per heavy atom. The maximum Gasteiger partial charge on any atom is 0.307 e. The zero-order valence-electron chi connectivity index (χ0n) is 10.1. The summed E-state index contributed by atoms with van der Waals surface area (Å²) in [6.45, 7) is 5.67. The number of aliphatic carboxylic acids is 1. The summed E-state index contributed by atoms with van der Waals surface area (Å²) in [5.41, 5.74) is 0.973. The van der Waals surface area contributed by atoms with E-state index in [4.69, 9.17) is 16.7 Å². The third-order valence-electron chi connectivity index (χ3n) is 2.65. The molecule has 5 heteroatoms. The number of rotatable bonds is 6. The van der Waals surface area contributed by atoms with E-state index in [0.29, 0.717) is 18.1 Å². The van der Waals surface area contributed by atoms with Crippen LogP contribution in [0.25, 0.3) is 0 Å². The predicted octanol–water partition coefficient (Wildman–Crippen LogP) is 2.28. The molecule has 0 aromatic carbocycles. The third kappa shape index (κ3) is 4.32. The van der Waals surface area contributed by atoms with E-state index in [9.17, 15) is 4.79 Å². The first-order valence-electron chi connectivity index (χ1n) is 5.58. The molecule has 0 aliphatic carbocycles. The molecule has 0 amide bonds. The monoisotopic (exact) mass is 256 g/mol. The Kier molecular flexibility index (Phi) is 5.38. The van der Waals surface area contributed by atoms with Crippen molar-refractivity contribution in [3.8, 4) is 0 Å². The van der Waals surface area contributed by atoms with Crippen molar-refractivity contribution in [1.82, 2.24) is 9.88 Å². The molecular weight excluding hydrogens is 240 g/mol. The molecule has 1 aromatic heterocycles. The lowest BCUT2D eigenvalue weighted by molar-refractivity contribution is -0.141. The molecule has 0 saturated carbocycles. The van der Waals surface area contributed by atoms with Crippen LogP contribution in [0.2, 0.25) is 5.02 Å². The molecule has 1 heterocycles. The smallest absolute Gasteiger partial charge is 0.307 e. The van der Waals surface area contributed by atoms with Crippen molar-refractivity contribution in [3.63, 3.8) is 0 Å². The minimum absolute atomic E-state index is 0.379. The summed E-state index contributed by atoms with van der Waals surface area (Å²) in [5, 5.41) is 9.50. The highest BCUT2D eigenvalue weighted by atomic mass is 35.5. The second-order valence-electron chi connectivity index (χ2n) is 4.03. The van der Waals surface area contributed by atoms with Crippen LogP contribution in [0.15, 0.2) is 18.5 Å². The third-order valence-corrected chi connectivity index (χ3v) is 2.99. The van der Waals surface area contributed by atoms with Crippen LogP contribution in [0.4, 0.5) is 0 Å². The van der Waals surface area contributed by atoms with E-state index in [1.165, 1.54) is 0 Å². The maximum atomic E-state index is 10.8. The van der Waals surface area contributed by atoms with Gasteiger partial charge < -0.3 is 5.11 Å². The molecule has 0 radical (unpaired) electrons. The normalized spacial score (nSPS) is 12.7. The fourth-order valence-electron chi connectivity index (χ4n) is 1.54. The molecule has 1 aromatic rings. The van der Waals surface area contributed by atoms with Crippen LogP contribution in [0, 0.1) is 5.92 Å². The van der Waals surface area contributed by atoms with E-state index in [1.807, 2.05) is 13.0 Å². The van der Waals surface area contributed by atoms with Crippen LogP contribution in [-0.4, -0.2) is 34.0 Å². The Balaban J connectivity index is 2.64. The quantitative estimate of drug-likeness (QED) is 0.848. The fourth-order valence-corrected chi connectivity index (χ4v) is 1.72. The van der Waals surface area contributed by atoms with Gasteiger partial charge in [-0.25, -0.2) is 0 Å². The summed E-state index contributed by atoms with van der Waals surface area (Å²) < 4.78 is 0. The maximum absolute atomic E-state index is 10.8. The number of carboxylic acids is 1. The Morgan fingerprint density at radius 3 is 2.88 bits per heavy atom. The van der Waals surface area contributed by atoms with Crippen molar-refractivity contribution >= 4 is 17.6 Å². The minimum Gasteiger partial charge on any atom is -0.481 e. The molecule has 1 atom stereocenters. The number of aromatic nitrogens is 1. The second kappa shape index (κ2) is 6.57. The lowest BCUT2D eigenvalue weighted by Crippen LogP contribution is -2.31. The Bertz CT molecular complexity index is 385. The molecule has 1 rings (SSSR count). The number of pyridine rings is 1. The first kappa shape index (κ1) is 13.9. The number of halogens is 1. The first-order chi connectivity index (χ1) is 8.04. The topological polar surface area (TPSA) is 53.4 Å². The van der Waals surface area contributed by atoms with E-state index in [1.54, 1.807) is 19.3 Å². The molecular formula is C12H17ClN2O2. The van der Waals surface area contributed by atoms with Gasteiger partial charge in [0.2, 0.25) is 0 Å². The summed E-state index contributed by atoms with van der Waals surface area (Å²) in [7, 11) is 0. The van der Waals surface area contributed by atoms with E-state index in [-0.39, 0.29) is 5.92 Å². The lowest BCUT2D eigenvalue weighted by Gasteiger charge is -2.22. The van der Waals surface area contributed by atoms with Gasteiger partial charge in [-0.1, -0.05) is 25.4 Å². The summed E-state index contributed by atoms with van der Waals surface area (Å²) in [4.78, 5) is 16.8. The van der Waals surface area contributed by atoms with E-state index in [0.717, 1.165) is 12.1 Å². The van der Waals surface area contributed by atoms with Gasteiger partial charge in [-0.2, -0.15) is 0 Å². The van der Waals surface area contributed by atoms with Crippen LogP contribution >= 0.6 is 11.6 Å². The average molecular weight is 257 g/mol. The summed E-state index contributed by atoms with van der Waals surface area (Å²) in [5.74, 6) is -1.15. The van der Waals surface area contributed by atoms with Crippen LogP contribution < -0.4 is 0 Å². The number of nitrogens with zero attached hydrogens (tertiary/aromatic N) is 2. The highest BCUT2D eigenvalue weighted by Gasteiger charge is 2.15. The summed E-state index contributed by atoms with van der Waals surface area (Å²) in [6.07, 6.45) is 3.29. The van der Waals surface area contributed by atoms with Gasteiger partial charge in [-0.05, 0) is 18.2 Å². The lowest BCUT2D eigenvalue weighted by atomic mass is 10.1. The molecule has 94 valence electrons. The van der Waals surface area contributed by atoms with Crippen LogP contribution in [0.1, 0.15) is 19.4 Å². The van der Waals surface area contributed by atoms with Crippen molar-refractivity contribution in [3.05, 3.63) is 29.0 Å². The zero-order valence-corrected chi connectivity index (χ0v) is 10.8. The van der Waals surface area contributed by atoms with E-state index >= 15 is 0 Å². The number of carboxylic acid groups (broad SMARTS) is 1. The zero-order chi connectivity index (χ0) is 12.8. The molecule has 0 aliphatic heterocycles. The van der Waals surface area contributed by atoms with Gasteiger partial charge in [0.05, 0.1) is 10.9 Å². The number of hydrogen-bond donors (Lipinski definition) is 1. The van der Waals surface area contributed by atoms with Gasteiger partial charge in [-0.15, -0.1) is 0 Å². The average Bonchev–Trinajstić information content (AvgIpc) is 2.30. The van der Waals surface area contributed by atoms with Gasteiger partial charge in [0.1, 0.15) is 0 Å². The van der Waals surface area contributed by atoms with Crippen molar-refractivity contribution in [2.45, 2.75) is 20.4 Å². The molecule has 0 saturated heterocycles. The van der Waals surface area contributed by atoms with Crippen LogP contribution in [-0.2, 0) is 11.3 Å². The summed E-state index contributed by atoms with van der Waals surface area (Å²) in [6, 6.07) is 1.86. The first-order valence-corrected chi connectivity index (χ1v) is 5.96. The van der Waals surface area contributed by atoms with Crippen molar-refractivity contribution < 1.29 is 9.90 Å². The van der Waals surface area contributed by atoms with Crippen LogP contribution in [0.3, 0.4) is 0 Å². The Morgan fingerprint density at radius 1 is 1.65 bits per heavy atom. The van der Waals surface area contributed by atoms with Crippen molar-refractivity contribution in [2.24, 2.45) is 5.92 Å². The van der Waals surface area contributed by atoms with Gasteiger partial charge in [0.25, 0.3) is 0 Å². The Labute approximate surface area is 106 Å². The largest absolute Gasteiger partial charge is 0.481 e. The van der Waals surface area contributed by atoms with Gasteiger partial charge in [0.15, 0.2) is 0 Å². The second-order valence-corrected chi connectivity index (χ2v) is 4.44. The van der Waals surface area contributed by atoms with E-state index in [2.05, 4.69) is 9.88 Å². The molecule has 0 fully saturated rings. The predicted molar refractivity (Wildman–Crippen MR) is 67.0 cm³/mol. The molecule has 1 unspecified atom stereocenters. The van der Waals surface area contributed by atoms with Crippen molar-refractivity contribution in [1.29, 1.82) is 0 Å². The number of hydrogen-bond acceptors (Lipinski definition) is 3. The molecule has 0 aliphatic rings. The molecule has 0 spiro atoms. The highest BCUT2D eigenvalue weighted by Crippen LogP contribution is 2.16. The van der Waals surface area contributed by atoms with Crippen LogP contribution in [0.5, 0.6) is 0 Å². The van der Waals surface area contributed by atoms with Gasteiger partial charge in [-0.3, -0.25) is 14.7 Å². The summed E-state index contributed by atoms with van der Waals surface area (Å²) >= 11 is 6.02. The molecule has 1 N–H and O–H groups in total. The van der Waals surface area contributed by atoms with E-state index < -0.39 is 5.97 Å². The van der Waals surface area contributed by atoms with Gasteiger partial charge in [0, 0.05) is 25.5 Å². The molecule has 17 heavy (non-hydrogen) atoms. The minimum atomic E-state index is -0.774. The standard InChI is InChI=1S/C12H17ClN2O2/c1-3-15(7-9(2)12(16)17)8-10-4-5-14-6-11(10)13/h4-6,9H,3,7-8H2,1-2H3,(H,16,17). The van der Waals surface area contributed by atoms with Gasteiger partial charge >= 0.3 is 5.97 Å². The highest BCUT2D eigenvalue weighted by molar-refractivity contribution is 6.31. The van der Waals surface area contributed by atoms with Crippen molar-refractivity contribution in [2.75, 3.05) is 13.1 Å². The fraction of sp³-hybridized carbons (Fsp3) is 0.500. The molecule has 0 bridgehead atoms. The Hall–Kier alpha value is -1.13. The molecule has 4 nitrogen and oxygen atoms in total. The number of carbonyl (C=O) groups is 1.